The van der Waals surface area contributed by atoms with E-state index in [1.807, 2.05) is 18.2 Å². The van der Waals surface area contributed by atoms with Gasteiger partial charge in [-0.15, -0.1) is 0 Å². The molecule has 0 aliphatic carbocycles. The maximum Gasteiger partial charge on any atom is 1.00 e. The van der Waals surface area contributed by atoms with E-state index < -0.39 is 5.97 Å². The third-order valence-corrected chi connectivity index (χ3v) is 3.38. The molecule has 1 aromatic heterocycles. The Morgan fingerprint density at radius 2 is 1.89 bits per heavy atom. The number of anilines is 1. The monoisotopic (exact) mass is 249 g/mol. The standard InChI is InChI=1S/C14H14N2O2.Li/c17-14(18)11-4-3-5-12-10(11)6-7-13(15-12)16-8-1-2-9-16;/h3-7H,1-2,8-9H2,(H,17,18);/q;+1. The van der Waals surface area contributed by atoms with Crippen LogP contribution in [0.25, 0.3) is 10.9 Å². The Labute approximate surface area is 123 Å². The van der Waals surface area contributed by atoms with Crippen LogP contribution in [0.15, 0.2) is 30.3 Å². The van der Waals surface area contributed by atoms with Crippen LogP contribution in [-0.2, 0) is 0 Å². The van der Waals surface area contributed by atoms with E-state index in [9.17, 15) is 4.79 Å². The van der Waals surface area contributed by atoms with Gasteiger partial charge >= 0.3 is 24.8 Å². The van der Waals surface area contributed by atoms with Crippen LogP contribution >= 0.6 is 0 Å². The van der Waals surface area contributed by atoms with Crippen molar-refractivity contribution in [3.63, 3.8) is 0 Å². The Bertz CT molecular complexity index is 609. The Kier molecular flexibility index (Phi) is 4.13. The Hall–Kier alpha value is -1.50. The van der Waals surface area contributed by atoms with Gasteiger partial charge in [-0.2, -0.15) is 0 Å². The largest absolute Gasteiger partial charge is 1.00 e. The summed E-state index contributed by atoms with van der Waals surface area (Å²) in [5.74, 6) is 0.0406. The molecular formula is C14H14LiN2O2+. The van der Waals surface area contributed by atoms with Gasteiger partial charge < -0.3 is 10.0 Å². The van der Waals surface area contributed by atoms with E-state index in [0.29, 0.717) is 10.9 Å². The second-order valence-corrected chi connectivity index (χ2v) is 4.54. The van der Waals surface area contributed by atoms with E-state index in [2.05, 4.69) is 9.88 Å². The Morgan fingerprint density at radius 1 is 1.16 bits per heavy atom. The summed E-state index contributed by atoms with van der Waals surface area (Å²) in [5, 5.41) is 9.83. The zero-order valence-corrected chi connectivity index (χ0v) is 11.0. The fourth-order valence-corrected chi connectivity index (χ4v) is 2.45. The minimum Gasteiger partial charge on any atom is -0.478 e. The van der Waals surface area contributed by atoms with Crippen molar-refractivity contribution in [2.45, 2.75) is 12.8 Å². The number of nitrogens with zero attached hydrogens (tertiary/aromatic N) is 2. The van der Waals surface area contributed by atoms with Crippen molar-refractivity contribution >= 4 is 22.7 Å². The smallest absolute Gasteiger partial charge is 0.478 e. The van der Waals surface area contributed by atoms with Crippen LogP contribution in [0.5, 0.6) is 0 Å². The van der Waals surface area contributed by atoms with Crippen LogP contribution in [0.4, 0.5) is 5.82 Å². The summed E-state index contributed by atoms with van der Waals surface area (Å²) >= 11 is 0. The molecule has 1 aliphatic rings. The maximum absolute atomic E-state index is 11.1. The van der Waals surface area contributed by atoms with Crippen molar-refractivity contribution in [2.75, 3.05) is 18.0 Å². The number of carboxylic acid groups (broad SMARTS) is 1. The predicted molar refractivity (Wildman–Crippen MR) is 70.1 cm³/mol. The first-order valence-electron chi connectivity index (χ1n) is 6.14. The van der Waals surface area contributed by atoms with Crippen molar-refractivity contribution in [1.29, 1.82) is 0 Å². The topological polar surface area (TPSA) is 53.4 Å². The summed E-state index contributed by atoms with van der Waals surface area (Å²) in [5.41, 5.74) is 1.06. The molecule has 4 nitrogen and oxygen atoms in total. The van der Waals surface area contributed by atoms with Crippen LogP contribution in [0.1, 0.15) is 23.2 Å². The Balaban J connectivity index is 0.00000133. The first-order chi connectivity index (χ1) is 8.75. The number of hydrogen-bond acceptors (Lipinski definition) is 3. The maximum atomic E-state index is 11.1. The summed E-state index contributed by atoms with van der Waals surface area (Å²) in [6, 6.07) is 9.00. The molecule has 92 valence electrons. The molecule has 1 aliphatic heterocycles. The molecule has 2 aromatic rings. The number of carbonyl (C=O) groups is 1. The third-order valence-electron chi connectivity index (χ3n) is 3.38. The molecule has 2 heterocycles. The number of aromatic carboxylic acids is 1. The van der Waals surface area contributed by atoms with Crippen molar-refractivity contribution in [3.05, 3.63) is 35.9 Å². The number of fused-ring (bicyclic) bond motifs is 1. The van der Waals surface area contributed by atoms with Crippen LogP contribution < -0.4 is 23.8 Å². The zero-order valence-electron chi connectivity index (χ0n) is 11.0. The molecule has 1 fully saturated rings. The molecule has 19 heavy (non-hydrogen) atoms. The van der Waals surface area contributed by atoms with Crippen LogP contribution in [0.3, 0.4) is 0 Å². The van der Waals surface area contributed by atoms with E-state index in [-0.39, 0.29) is 18.9 Å². The molecule has 1 saturated heterocycles. The molecule has 0 unspecified atom stereocenters. The number of carboxylic acids is 1. The normalized spacial score (nSPS) is 14.4. The molecule has 0 radical (unpaired) electrons. The molecule has 0 spiro atoms. The van der Waals surface area contributed by atoms with E-state index in [1.54, 1.807) is 12.1 Å². The minimum atomic E-state index is -0.906. The van der Waals surface area contributed by atoms with Crippen molar-refractivity contribution in [1.82, 2.24) is 4.98 Å². The molecular weight excluding hydrogens is 235 g/mol. The second kappa shape index (κ2) is 5.64. The summed E-state index contributed by atoms with van der Waals surface area (Å²) in [6.07, 6.45) is 2.41. The van der Waals surface area contributed by atoms with Gasteiger partial charge in [0.2, 0.25) is 0 Å². The van der Waals surface area contributed by atoms with Gasteiger partial charge in [-0.3, -0.25) is 0 Å². The SMILES string of the molecule is O=C(O)c1cccc2nc(N3CCCC3)ccc12.[Li+]. The van der Waals surface area contributed by atoms with E-state index >= 15 is 0 Å². The van der Waals surface area contributed by atoms with Crippen molar-refractivity contribution in [2.24, 2.45) is 0 Å². The molecule has 3 rings (SSSR count). The first kappa shape index (κ1) is 13.9. The average molecular weight is 249 g/mol. The fraction of sp³-hybridized carbons (Fsp3) is 0.286. The van der Waals surface area contributed by atoms with Gasteiger partial charge in [0.25, 0.3) is 0 Å². The van der Waals surface area contributed by atoms with Gasteiger partial charge in [-0.1, -0.05) is 6.07 Å². The van der Waals surface area contributed by atoms with Gasteiger partial charge in [0.15, 0.2) is 0 Å². The summed E-state index contributed by atoms with van der Waals surface area (Å²) in [6.45, 7) is 2.08. The number of benzene rings is 1. The number of pyridine rings is 1. The van der Waals surface area contributed by atoms with Gasteiger partial charge in [0, 0.05) is 18.5 Å². The second-order valence-electron chi connectivity index (χ2n) is 4.54. The minimum absolute atomic E-state index is 0. The summed E-state index contributed by atoms with van der Waals surface area (Å²) in [4.78, 5) is 17.9. The van der Waals surface area contributed by atoms with E-state index in [4.69, 9.17) is 5.11 Å². The Morgan fingerprint density at radius 3 is 2.58 bits per heavy atom. The van der Waals surface area contributed by atoms with Crippen LogP contribution in [-0.4, -0.2) is 29.1 Å². The number of aromatic nitrogens is 1. The van der Waals surface area contributed by atoms with E-state index in [0.717, 1.165) is 24.4 Å². The molecule has 0 amide bonds. The van der Waals surface area contributed by atoms with Gasteiger partial charge in [0.05, 0.1) is 11.1 Å². The van der Waals surface area contributed by atoms with Crippen LogP contribution in [0.2, 0.25) is 0 Å². The van der Waals surface area contributed by atoms with Crippen LogP contribution in [0, 0.1) is 0 Å². The third kappa shape index (κ3) is 2.60. The van der Waals surface area contributed by atoms with Gasteiger partial charge in [-0.05, 0) is 37.1 Å². The average Bonchev–Trinajstić information content (AvgIpc) is 2.91. The first-order valence-corrected chi connectivity index (χ1v) is 6.14. The van der Waals surface area contributed by atoms with Gasteiger partial charge in [-0.25, -0.2) is 9.78 Å². The number of rotatable bonds is 2. The molecule has 1 aromatic carbocycles. The summed E-state index contributed by atoms with van der Waals surface area (Å²) in [7, 11) is 0. The molecule has 0 saturated carbocycles. The quantitative estimate of drug-likeness (QED) is 0.732. The van der Waals surface area contributed by atoms with E-state index in [1.165, 1.54) is 12.8 Å². The molecule has 5 heteroatoms. The number of hydrogen-bond donors (Lipinski definition) is 1. The molecule has 0 bridgehead atoms. The van der Waals surface area contributed by atoms with Crippen molar-refractivity contribution in [3.8, 4) is 0 Å². The van der Waals surface area contributed by atoms with Crippen molar-refractivity contribution < 1.29 is 28.8 Å². The fourth-order valence-electron chi connectivity index (χ4n) is 2.45. The zero-order chi connectivity index (χ0) is 12.5. The summed E-state index contributed by atoms with van der Waals surface area (Å²) < 4.78 is 0. The predicted octanol–water partition coefficient (Wildman–Crippen LogP) is -0.463. The molecule has 1 N–H and O–H groups in total. The van der Waals surface area contributed by atoms with Gasteiger partial charge in [0.1, 0.15) is 5.82 Å². The molecule has 0 atom stereocenters.